The molecule has 2 N–H and O–H groups in total. The molecule has 0 unspecified atom stereocenters. The number of furan rings is 1. The minimum absolute atomic E-state index is 0.800. The fourth-order valence-electron chi connectivity index (χ4n) is 4.04. The number of guanidine groups is 1. The van der Waals surface area contributed by atoms with Crippen molar-refractivity contribution in [1.29, 1.82) is 0 Å². The number of nitrogens with one attached hydrogen (secondary N) is 2. The molecule has 1 aliphatic carbocycles. The molecule has 0 atom stereocenters. The summed E-state index contributed by atoms with van der Waals surface area (Å²) >= 11 is 1.90. The zero-order valence-corrected chi connectivity index (χ0v) is 19.2. The van der Waals surface area contributed by atoms with Crippen molar-refractivity contribution in [3.8, 4) is 0 Å². The number of aryl methyl sites for hydroxylation is 2. The van der Waals surface area contributed by atoms with E-state index >= 15 is 0 Å². The number of nitrogens with zero attached hydrogens (tertiary/aromatic N) is 3. The molecular weight excluding hydrogens is 410 g/mol. The molecular formula is C23H35N5O2S. The molecule has 0 radical (unpaired) electrons. The van der Waals surface area contributed by atoms with E-state index in [1.807, 2.05) is 23.5 Å². The fourth-order valence-corrected chi connectivity index (χ4v) is 5.20. The van der Waals surface area contributed by atoms with E-state index in [-0.39, 0.29) is 0 Å². The quantitative estimate of drug-likeness (QED) is 0.333. The summed E-state index contributed by atoms with van der Waals surface area (Å²) in [6, 6.07) is 3.94. The summed E-state index contributed by atoms with van der Waals surface area (Å²) in [6.45, 7) is 7.32. The second kappa shape index (κ2) is 12.2. The zero-order chi connectivity index (χ0) is 21.1. The van der Waals surface area contributed by atoms with Crippen LogP contribution in [0.2, 0.25) is 0 Å². The molecule has 31 heavy (non-hydrogen) atoms. The summed E-state index contributed by atoms with van der Waals surface area (Å²) in [7, 11) is 0. The van der Waals surface area contributed by atoms with E-state index in [0.29, 0.717) is 0 Å². The number of thiazole rings is 1. The van der Waals surface area contributed by atoms with Gasteiger partial charge in [-0.25, -0.2) is 4.98 Å². The third kappa shape index (κ3) is 7.33. The maximum absolute atomic E-state index is 5.44. The van der Waals surface area contributed by atoms with Crippen LogP contribution in [0, 0.1) is 0 Å². The van der Waals surface area contributed by atoms with Gasteiger partial charge in [-0.15, -0.1) is 11.3 Å². The Hall–Kier alpha value is -1.90. The van der Waals surface area contributed by atoms with Crippen molar-refractivity contribution in [3.05, 3.63) is 39.7 Å². The van der Waals surface area contributed by atoms with Gasteiger partial charge in [-0.05, 0) is 44.2 Å². The van der Waals surface area contributed by atoms with Gasteiger partial charge in [-0.2, -0.15) is 0 Å². The van der Waals surface area contributed by atoms with Gasteiger partial charge in [0.15, 0.2) is 5.96 Å². The molecule has 0 bridgehead atoms. The molecule has 0 spiro atoms. The SMILES string of the molecule is c1coc(CCNC(=NCCCN2CCOCC2)NCCc2nc3c(s2)CCCC3)c1. The molecule has 1 aliphatic heterocycles. The van der Waals surface area contributed by atoms with Crippen LogP contribution in [-0.4, -0.2) is 68.3 Å². The van der Waals surface area contributed by atoms with Crippen molar-refractivity contribution < 1.29 is 9.15 Å². The van der Waals surface area contributed by atoms with Crippen LogP contribution < -0.4 is 10.6 Å². The van der Waals surface area contributed by atoms with Crippen LogP contribution in [0.1, 0.15) is 40.6 Å². The molecule has 2 aromatic rings. The highest BCUT2D eigenvalue weighted by atomic mass is 32.1. The predicted octanol–water partition coefficient (Wildman–Crippen LogP) is 2.66. The van der Waals surface area contributed by atoms with E-state index in [1.54, 1.807) is 6.26 Å². The lowest BCUT2D eigenvalue weighted by molar-refractivity contribution is 0.0377. The smallest absolute Gasteiger partial charge is 0.191 e. The van der Waals surface area contributed by atoms with Gasteiger partial charge in [0.2, 0.25) is 0 Å². The number of aromatic nitrogens is 1. The summed E-state index contributed by atoms with van der Waals surface area (Å²) in [5.41, 5.74) is 1.35. The minimum atomic E-state index is 0.800. The Bertz CT molecular complexity index is 776. The molecule has 2 aromatic heterocycles. The second-order valence-corrected chi connectivity index (χ2v) is 9.32. The van der Waals surface area contributed by atoms with E-state index in [4.69, 9.17) is 19.1 Å². The van der Waals surface area contributed by atoms with Crippen molar-refractivity contribution in [2.24, 2.45) is 4.99 Å². The molecule has 170 valence electrons. The Morgan fingerprint density at radius 2 is 1.97 bits per heavy atom. The van der Waals surface area contributed by atoms with Crippen LogP contribution in [0.3, 0.4) is 0 Å². The van der Waals surface area contributed by atoms with Gasteiger partial charge in [0.1, 0.15) is 5.76 Å². The second-order valence-electron chi connectivity index (χ2n) is 8.16. The highest BCUT2D eigenvalue weighted by Crippen LogP contribution is 2.26. The number of hydrogen-bond donors (Lipinski definition) is 2. The summed E-state index contributed by atoms with van der Waals surface area (Å²) in [5, 5.41) is 8.22. The van der Waals surface area contributed by atoms with Crippen molar-refractivity contribution in [1.82, 2.24) is 20.5 Å². The number of aliphatic imine (C=N–C) groups is 1. The first-order valence-electron chi connectivity index (χ1n) is 11.7. The fraction of sp³-hybridized carbons (Fsp3) is 0.652. The van der Waals surface area contributed by atoms with Crippen LogP contribution in [-0.2, 0) is 30.4 Å². The third-order valence-electron chi connectivity index (χ3n) is 5.77. The van der Waals surface area contributed by atoms with Crippen LogP contribution in [0.4, 0.5) is 0 Å². The Morgan fingerprint density at radius 1 is 1.13 bits per heavy atom. The van der Waals surface area contributed by atoms with Crippen molar-refractivity contribution in [2.75, 3.05) is 52.5 Å². The van der Waals surface area contributed by atoms with Crippen LogP contribution >= 0.6 is 11.3 Å². The van der Waals surface area contributed by atoms with Crippen molar-refractivity contribution in [2.45, 2.75) is 44.9 Å². The molecule has 0 amide bonds. The van der Waals surface area contributed by atoms with Gasteiger partial charge in [-0.3, -0.25) is 9.89 Å². The molecule has 4 rings (SSSR count). The highest BCUT2D eigenvalue weighted by molar-refractivity contribution is 7.11. The number of morpholine rings is 1. The molecule has 3 heterocycles. The Labute approximate surface area is 189 Å². The lowest BCUT2D eigenvalue weighted by Gasteiger charge is -2.26. The number of fused-ring (bicyclic) bond motifs is 1. The van der Waals surface area contributed by atoms with Crippen LogP contribution in [0.25, 0.3) is 0 Å². The lowest BCUT2D eigenvalue weighted by atomic mass is 10.0. The van der Waals surface area contributed by atoms with E-state index in [0.717, 1.165) is 89.9 Å². The lowest BCUT2D eigenvalue weighted by Crippen LogP contribution is -2.40. The van der Waals surface area contributed by atoms with Crippen LogP contribution in [0.15, 0.2) is 27.8 Å². The zero-order valence-electron chi connectivity index (χ0n) is 18.4. The molecule has 8 heteroatoms. The number of rotatable bonds is 10. The van der Waals surface area contributed by atoms with Crippen LogP contribution in [0.5, 0.6) is 0 Å². The molecule has 1 fully saturated rings. The van der Waals surface area contributed by atoms with Gasteiger partial charge in [0.25, 0.3) is 0 Å². The third-order valence-corrected chi connectivity index (χ3v) is 6.99. The topological polar surface area (TPSA) is 74.9 Å². The molecule has 0 aromatic carbocycles. The van der Waals surface area contributed by atoms with E-state index in [9.17, 15) is 0 Å². The monoisotopic (exact) mass is 445 g/mol. The van der Waals surface area contributed by atoms with Gasteiger partial charge in [0, 0.05) is 57.0 Å². The maximum Gasteiger partial charge on any atom is 0.191 e. The Kier molecular flexibility index (Phi) is 8.79. The van der Waals surface area contributed by atoms with Gasteiger partial charge in [0.05, 0.1) is 30.2 Å². The minimum Gasteiger partial charge on any atom is -0.469 e. The Morgan fingerprint density at radius 3 is 2.77 bits per heavy atom. The highest BCUT2D eigenvalue weighted by Gasteiger charge is 2.15. The number of ether oxygens (including phenoxy) is 1. The van der Waals surface area contributed by atoms with Gasteiger partial charge in [-0.1, -0.05) is 0 Å². The van der Waals surface area contributed by atoms with Crippen molar-refractivity contribution in [3.63, 3.8) is 0 Å². The van der Waals surface area contributed by atoms with E-state index < -0.39 is 0 Å². The average molecular weight is 446 g/mol. The normalized spacial score (nSPS) is 17.5. The average Bonchev–Trinajstić information content (AvgIpc) is 3.46. The van der Waals surface area contributed by atoms with Gasteiger partial charge >= 0.3 is 0 Å². The number of hydrogen-bond acceptors (Lipinski definition) is 6. The van der Waals surface area contributed by atoms with Gasteiger partial charge < -0.3 is 19.8 Å². The predicted molar refractivity (Wildman–Crippen MR) is 125 cm³/mol. The Balaban J connectivity index is 1.23. The largest absolute Gasteiger partial charge is 0.469 e. The molecule has 0 saturated carbocycles. The maximum atomic E-state index is 5.44. The standard InChI is InChI=1S/C23H35N5O2S/c1-2-7-21-20(6-1)27-22(31-21)9-12-26-23(25-11-8-19-5-3-16-30-19)24-10-4-13-28-14-17-29-18-15-28/h3,5,16H,1-2,4,6-15,17-18H2,(H2,24,25,26). The van der Waals surface area contributed by atoms with E-state index in [2.05, 4.69) is 15.5 Å². The molecule has 2 aliphatic rings. The summed E-state index contributed by atoms with van der Waals surface area (Å²) in [6.07, 6.45) is 9.55. The summed E-state index contributed by atoms with van der Waals surface area (Å²) in [4.78, 5) is 13.6. The molecule has 7 nitrogen and oxygen atoms in total. The first-order chi connectivity index (χ1) is 15.4. The first kappa shape index (κ1) is 22.3. The summed E-state index contributed by atoms with van der Waals surface area (Å²) < 4.78 is 10.9. The molecule has 1 saturated heterocycles. The van der Waals surface area contributed by atoms with E-state index in [1.165, 1.54) is 34.8 Å². The van der Waals surface area contributed by atoms with Crippen molar-refractivity contribution >= 4 is 17.3 Å². The first-order valence-corrected chi connectivity index (χ1v) is 12.5. The summed E-state index contributed by atoms with van der Waals surface area (Å²) in [5.74, 6) is 1.88.